The van der Waals surface area contributed by atoms with Crippen LogP contribution in [0.25, 0.3) is 10.2 Å². The lowest BCUT2D eigenvalue weighted by Crippen LogP contribution is -2.44. The number of thiophene rings is 1. The number of anilines is 2. The monoisotopic (exact) mass is 303 g/mol. The van der Waals surface area contributed by atoms with E-state index in [0.717, 1.165) is 42.8 Å². The Hall–Kier alpha value is -1.40. The van der Waals surface area contributed by atoms with Crippen molar-refractivity contribution in [1.82, 2.24) is 15.3 Å². The van der Waals surface area contributed by atoms with Gasteiger partial charge in [0.15, 0.2) is 0 Å². The van der Waals surface area contributed by atoms with Crippen LogP contribution in [0.1, 0.15) is 23.3 Å². The lowest BCUT2D eigenvalue weighted by atomic mass is 9.97. The van der Waals surface area contributed by atoms with Gasteiger partial charge in [-0.2, -0.15) is 4.98 Å². The van der Waals surface area contributed by atoms with E-state index in [4.69, 9.17) is 9.97 Å². The van der Waals surface area contributed by atoms with Crippen LogP contribution in [0.4, 0.5) is 11.8 Å². The number of fused-ring (bicyclic) bond motifs is 3. The Bertz CT molecular complexity index is 660. The number of hydrogen-bond donors (Lipinski definition) is 2. The molecule has 1 saturated heterocycles. The molecule has 5 nitrogen and oxygen atoms in total. The molecule has 6 heteroatoms. The minimum Gasteiger partial charge on any atom is -0.372 e. The largest absolute Gasteiger partial charge is 0.372 e. The second-order valence-corrected chi connectivity index (χ2v) is 6.83. The SMILES string of the molecule is CNc1nc(N2CCNCC2)nc2sc3c(c12)CCCC3. The second kappa shape index (κ2) is 5.42. The van der Waals surface area contributed by atoms with Crippen LogP contribution in [0.5, 0.6) is 0 Å². The molecule has 0 unspecified atom stereocenters. The third-order valence-electron chi connectivity index (χ3n) is 4.44. The molecule has 2 N–H and O–H groups in total. The van der Waals surface area contributed by atoms with E-state index in [2.05, 4.69) is 15.5 Å². The van der Waals surface area contributed by atoms with Crippen molar-refractivity contribution >= 4 is 33.3 Å². The van der Waals surface area contributed by atoms with E-state index in [-0.39, 0.29) is 0 Å². The van der Waals surface area contributed by atoms with Gasteiger partial charge in [0.1, 0.15) is 10.6 Å². The van der Waals surface area contributed by atoms with Crippen LogP contribution < -0.4 is 15.5 Å². The van der Waals surface area contributed by atoms with Gasteiger partial charge in [-0.1, -0.05) is 0 Å². The zero-order chi connectivity index (χ0) is 14.2. The summed E-state index contributed by atoms with van der Waals surface area (Å²) in [5, 5.41) is 7.95. The second-order valence-electron chi connectivity index (χ2n) is 5.75. The van der Waals surface area contributed by atoms with E-state index < -0.39 is 0 Å². The lowest BCUT2D eigenvalue weighted by molar-refractivity contribution is 0.581. The molecule has 2 aromatic heterocycles. The van der Waals surface area contributed by atoms with Crippen molar-refractivity contribution in [3.63, 3.8) is 0 Å². The summed E-state index contributed by atoms with van der Waals surface area (Å²) in [5.41, 5.74) is 1.50. The standard InChI is InChI=1S/C15H21N5S/c1-16-13-12-10-4-2-3-5-11(10)21-14(12)19-15(18-13)20-8-6-17-7-9-20/h17H,2-9H2,1H3,(H,16,18,19). The Morgan fingerprint density at radius 2 is 1.95 bits per heavy atom. The topological polar surface area (TPSA) is 53.1 Å². The van der Waals surface area contributed by atoms with Crippen LogP contribution in [0.2, 0.25) is 0 Å². The van der Waals surface area contributed by atoms with Gasteiger partial charge in [-0.05, 0) is 31.2 Å². The van der Waals surface area contributed by atoms with Gasteiger partial charge in [-0.3, -0.25) is 0 Å². The quantitative estimate of drug-likeness (QED) is 0.889. The minimum absolute atomic E-state index is 0.881. The smallest absolute Gasteiger partial charge is 0.228 e. The first-order chi connectivity index (χ1) is 10.4. The fourth-order valence-electron chi connectivity index (χ4n) is 3.33. The summed E-state index contributed by atoms with van der Waals surface area (Å²) >= 11 is 1.87. The molecule has 0 atom stereocenters. The van der Waals surface area contributed by atoms with E-state index in [1.165, 1.54) is 41.5 Å². The number of piperazine rings is 1. The normalized spacial score (nSPS) is 18.8. The van der Waals surface area contributed by atoms with Crippen LogP contribution in [0, 0.1) is 0 Å². The molecule has 0 amide bonds. The van der Waals surface area contributed by atoms with Crippen LogP contribution in [0.15, 0.2) is 0 Å². The molecule has 1 aliphatic heterocycles. The third-order valence-corrected chi connectivity index (χ3v) is 5.63. The Labute approximate surface area is 128 Å². The van der Waals surface area contributed by atoms with E-state index in [9.17, 15) is 0 Å². The van der Waals surface area contributed by atoms with Gasteiger partial charge < -0.3 is 15.5 Å². The molecular weight excluding hydrogens is 282 g/mol. The maximum atomic E-state index is 4.88. The van der Waals surface area contributed by atoms with Crippen molar-refractivity contribution in [2.75, 3.05) is 43.4 Å². The number of rotatable bonds is 2. The van der Waals surface area contributed by atoms with Crippen LogP contribution in [-0.2, 0) is 12.8 Å². The van der Waals surface area contributed by atoms with Crippen molar-refractivity contribution in [2.24, 2.45) is 0 Å². The average Bonchev–Trinajstić information content (AvgIpc) is 2.93. The summed E-state index contributed by atoms with van der Waals surface area (Å²) < 4.78 is 0. The molecule has 2 aliphatic rings. The predicted molar refractivity (Wildman–Crippen MR) is 88.7 cm³/mol. The summed E-state index contributed by atoms with van der Waals surface area (Å²) in [6.07, 6.45) is 5.00. The highest BCUT2D eigenvalue weighted by atomic mass is 32.1. The Balaban J connectivity index is 1.83. The first-order valence-corrected chi connectivity index (χ1v) is 8.64. The molecule has 1 fully saturated rings. The molecule has 1 aliphatic carbocycles. The molecule has 0 aromatic carbocycles. The summed E-state index contributed by atoms with van der Waals surface area (Å²) in [5.74, 6) is 1.89. The predicted octanol–water partition coefficient (Wildman–Crippen LogP) is 2.02. The van der Waals surface area contributed by atoms with Gasteiger partial charge in [-0.25, -0.2) is 4.98 Å². The number of aromatic nitrogens is 2. The number of aryl methyl sites for hydroxylation is 2. The Morgan fingerprint density at radius 1 is 1.14 bits per heavy atom. The summed E-state index contributed by atoms with van der Waals surface area (Å²) in [6.45, 7) is 3.99. The first kappa shape index (κ1) is 13.3. The Morgan fingerprint density at radius 3 is 2.76 bits per heavy atom. The van der Waals surface area contributed by atoms with Crippen molar-refractivity contribution in [2.45, 2.75) is 25.7 Å². The third kappa shape index (κ3) is 2.26. The zero-order valence-corrected chi connectivity index (χ0v) is 13.2. The van der Waals surface area contributed by atoms with Crippen LogP contribution in [0.3, 0.4) is 0 Å². The van der Waals surface area contributed by atoms with E-state index in [1.54, 1.807) is 0 Å². The molecule has 21 heavy (non-hydrogen) atoms. The van der Waals surface area contributed by atoms with Gasteiger partial charge in [0.25, 0.3) is 0 Å². The zero-order valence-electron chi connectivity index (χ0n) is 12.4. The maximum Gasteiger partial charge on any atom is 0.228 e. The summed E-state index contributed by atoms with van der Waals surface area (Å²) in [6, 6.07) is 0. The highest BCUT2D eigenvalue weighted by Gasteiger charge is 2.22. The molecule has 0 saturated carbocycles. The minimum atomic E-state index is 0.881. The van der Waals surface area contributed by atoms with Crippen molar-refractivity contribution in [3.05, 3.63) is 10.4 Å². The highest BCUT2D eigenvalue weighted by molar-refractivity contribution is 7.19. The highest BCUT2D eigenvalue weighted by Crippen LogP contribution is 2.39. The first-order valence-electron chi connectivity index (χ1n) is 7.82. The Kier molecular flexibility index (Phi) is 3.43. The van der Waals surface area contributed by atoms with E-state index >= 15 is 0 Å². The van der Waals surface area contributed by atoms with Gasteiger partial charge in [-0.15, -0.1) is 11.3 Å². The molecule has 3 heterocycles. The molecule has 2 aromatic rings. The molecule has 4 rings (SSSR count). The van der Waals surface area contributed by atoms with Gasteiger partial charge in [0.05, 0.1) is 5.39 Å². The van der Waals surface area contributed by atoms with Crippen molar-refractivity contribution < 1.29 is 0 Å². The molecule has 0 radical (unpaired) electrons. The van der Waals surface area contributed by atoms with Crippen molar-refractivity contribution in [1.29, 1.82) is 0 Å². The average molecular weight is 303 g/mol. The van der Waals surface area contributed by atoms with E-state index in [0.29, 0.717) is 0 Å². The maximum absolute atomic E-state index is 4.88. The number of hydrogen-bond acceptors (Lipinski definition) is 6. The van der Waals surface area contributed by atoms with Crippen LogP contribution >= 0.6 is 11.3 Å². The van der Waals surface area contributed by atoms with Crippen molar-refractivity contribution in [3.8, 4) is 0 Å². The number of nitrogens with one attached hydrogen (secondary N) is 2. The molecule has 0 bridgehead atoms. The number of nitrogens with zero attached hydrogens (tertiary/aromatic N) is 3. The van der Waals surface area contributed by atoms with Crippen LogP contribution in [-0.4, -0.2) is 43.2 Å². The van der Waals surface area contributed by atoms with E-state index in [1.807, 2.05) is 18.4 Å². The summed E-state index contributed by atoms with van der Waals surface area (Å²) in [7, 11) is 1.97. The molecule has 112 valence electrons. The lowest BCUT2D eigenvalue weighted by Gasteiger charge is -2.27. The summed E-state index contributed by atoms with van der Waals surface area (Å²) in [4.78, 5) is 14.7. The van der Waals surface area contributed by atoms with Gasteiger partial charge in [0, 0.05) is 38.1 Å². The fraction of sp³-hybridized carbons (Fsp3) is 0.600. The fourth-order valence-corrected chi connectivity index (χ4v) is 4.59. The molecular formula is C15H21N5S. The van der Waals surface area contributed by atoms with Gasteiger partial charge in [0.2, 0.25) is 5.95 Å². The van der Waals surface area contributed by atoms with Gasteiger partial charge >= 0.3 is 0 Å². The molecule has 0 spiro atoms.